The molecular formula is C17H21N. The molecule has 0 spiro atoms. The van der Waals surface area contributed by atoms with Crippen LogP contribution in [0.2, 0.25) is 0 Å². The second-order valence-electron chi connectivity index (χ2n) is 5.36. The summed E-state index contributed by atoms with van der Waals surface area (Å²) in [5.41, 5.74) is 2.85. The van der Waals surface area contributed by atoms with Crippen LogP contribution in [0.25, 0.3) is 10.8 Å². The van der Waals surface area contributed by atoms with Gasteiger partial charge in [-0.1, -0.05) is 56.5 Å². The third-order valence-corrected chi connectivity index (χ3v) is 3.97. The molecule has 0 bridgehead atoms. The van der Waals surface area contributed by atoms with Crippen molar-refractivity contribution < 1.29 is 0 Å². The smallest absolute Gasteiger partial charge is 0.0424 e. The molecule has 1 N–H and O–H groups in total. The van der Waals surface area contributed by atoms with Gasteiger partial charge in [0.05, 0.1) is 0 Å². The van der Waals surface area contributed by atoms with E-state index >= 15 is 0 Å². The standard InChI is InChI=1S/C17H21N/c1-2-3-4-10-15-12-14-9-5-7-13-8-6-11-16(18-15)17(13)14/h5-9,11,15,18H,2-4,10,12H2,1H3. The summed E-state index contributed by atoms with van der Waals surface area (Å²) in [5, 5.41) is 6.52. The van der Waals surface area contributed by atoms with Crippen LogP contribution in [0.1, 0.15) is 38.2 Å². The summed E-state index contributed by atoms with van der Waals surface area (Å²) in [6.07, 6.45) is 6.46. The second kappa shape index (κ2) is 5.01. The lowest BCUT2D eigenvalue weighted by atomic mass is 9.91. The summed E-state index contributed by atoms with van der Waals surface area (Å²) in [6, 6.07) is 13.9. The Hall–Kier alpha value is -1.50. The number of nitrogens with one attached hydrogen (secondary N) is 1. The molecule has 0 aliphatic carbocycles. The van der Waals surface area contributed by atoms with Gasteiger partial charge in [-0.15, -0.1) is 0 Å². The predicted molar refractivity (Wildman–Crippen MR) is 79.2 cm³/mol. The van der Waals surface area contributed by atoms with Gasteiger partial charge < -0.3 is 5.32 Å². The molecule has 3 rings (SSSR count). The Morgan fingerprint density at radius 2 is 1.94 bits per heavy atom. The maximum Gasteiger partial charge on any atom is 0.0424 e. The summed E-state index contributed by atoms with van der Waals surface area (Å²) in [4.78, 5) is 0. The molecule has 1 nitrogen and oxygen atoms in total. The first-order valence-electron chi connectivity index (χ1n) is 7.15. The molecule has 1 unspecified atom stereocenters. The molecule has 1 heterocycles. The van der Waals surface area contributed by atoms with E-state index in [9.17, 15) is 0 Å². The molecular weight excluding hydrogens is 218 g/mol. The van der Waals surface area contributed by atoms with Gasteiger partial charge in [0.1, 0.15) is 0 Å². The first kappa shape index (κ1) is 11.6. The van der Waals surface area contributed by atoms with E-state index in [0.29, 0.717) is 6.04 Å². The SMILES string of the molecule is CCCCCC1Cc2cccc3cccc(c23)N1. The molecule has 1 aliphatic rings. The van der Waals surface area contributed by atoms with Gasteiger partial charge in [0.15, 0.2) is 0 Å². The van der Waals surface area contributed by atoms with Gasteiger partial charge in [0.25, 0.3) is 0 Å². The molecule has 2 aromatic rings. The highest BCUT2D eigenvalue weighted by atomic mass is 14.9. The summed E-state index contributed by atoms with van der Waals surface area (Å²) < 4.78 is 0. The van der Waals surface area contributed by atoms with Gasteiger partial charge in [-0.2, -0.15) is 0 Å². The van der Waals surface area contributed by atoms with E-state index in [0.717, 1.165) is 0 Å². The number of rotatable bonds is 4. The molecule has 0 fully saturated rings. The Morgan fingerprint density at radius 1 is 1.11 bits per heavy atom. The number of unbranched alkanes of at least 4 members (excludes halogenated alkanes) is 2. The lowest BCUT2D eigenvalue weighted by Gasteiger charge is -2.27. The zero-order valence-electron chi connectivity index (χ0n) is 11.1. The maximum absolute atomic E-state index is 3.72. The summed E-state index contributed by atoms with van der Waals surface area (Å²) in [7, 11) is 0. The molecule has 0 saturated heterocycles. The van der Waals surface area contributed by atoms with Crippen molar-refractivity contribution in [3.8, 4) is 0 Å². The third-order valence-electron chi connectivity index (χ3n) is 3.97. The summed E-state index contributed by atoms with van der Waals surface area (Å²) >= 11 is 0. The summed E-state index contributed by atoms with van der Waals surface area (Å²) in [6.45, 7) is 2.27. The van der Waals surface area contributed by atoms with Crippen molar-refractivity contribution in [2.24, 2.45) is 0 Å². The normalized spacial score (nSPS) is 17.7. The van der Waals surface area contributed by atoms with E-state index in [1.165, 1.54) is 54.1 Å². The van der Waals surface area contributed by atoms with Gasteiger partial charge in [-0.25, -0.2) is 0 Å². The Labute approximate surface area is 109 Å². The van der Waals surface area contributed by atoms with E-state index in [2.05, 4.69) is 48.6 Å². The number of anilines is 1. The van der Waals surface area contributed by atoms with Crippen molar-refractivity contribution in [3.63, 3.8) is 0 Å². The van der Waals surface area contributed by atoms with Gasteiger partial charge >= 0.3 is 0 Å². The summed E-state index contributed by atoms with van der Waals surface area (Å²) in [5.74, 6) is 0. The van der Waals surface area contributed by atoms with E-state index in [-0.39, 0.29) is 0 Å². The molecule has 0 amide bonds. The monoisotopic (exact) mass is 239 g/mol. The fourth-order valence-electron chi connectivity index (χ4n) is 3.06. The Bertz CT molecular complexity index is 504. The van der Waals surface area contributed by atoms with Crippen LogP contribution >= 0.6 is 0 Å². The zero-order valence-corrected chi connectivity index (χ0v) is 11.1. The van der Waals surface area contributed by atoms with Gasteiger partial charge in [0.2, 0.25) is 0 Å². The molecule has 1 heteroatoms. The zero-order chi connectivity index (χ0) is 12.4. The van der Waals surface area contributed by atoms with Crippen LogP contribution in [0.15, 0.2) is 36.4 Å². The van der Waals surface area contributed by atoms with Gasteiger partial charge in [0, 0.05) is 17.1 Å². The van der Waals surface area contributed by atoms with Crippen molar-refractivity contribution in [1.82, 2.24) is 0 Å². The van der Waals surface area contributed by atoms with Crippen LogP contribution in [0.3, 0.4) is 0 Å². The van der Waals surface area contributed by atoms with E-state index in [1.54, 1.807) is 0 Å². The highest BCUT2D eigenvalue weighted by Gasteiger charge is 2.18. The minimum Gasteiger partial charge on any atom is -0.381 e. The fourth-order valence-corrected chi connectivity index (χ4v) is 3.06. The van der Waals surface area contributed by atoms with Crippen LogP contribution in [0, 0.1) is 0 Å². The molecule has 94 valence electrons. The molecule has 18 heavy (non-hydrogen) atoms. The van der Waals surface area contributed by atoms with E-state index < -0.39 is 0 Å². The molecule has 1 aliphatic heterocycles. The highest BCUT2D eigenvalue weighted by molar-refractivity contribution is 5.97. The van der Waals surface area contributed by atoms with Crippen molar-refractivity contribution in [2.45, 2.75) is 45.1 Å². The van der Waals surface area contributed by atoms with Gasteiger partial charge in [-0.3, -0.25) is 0 Å². The first-order valence-corrected chi connectivity index (χ1v) is 7.15. The second-order valence-corrected chi connectivity index (χ2v) is 5.36. The minimum atomic E-state index is 0.622. The number of hydrogen-bond acceptors (Lipinski definition) is 1. The fraction of sp³-hybridized carbons (Fsp3) is 0.412. The van der Waals surface area contributed by atoms with Crippen molar-refractivity contribution in [1.29, 1.82) is 0 Å². The topological polar surface area (TPSA) is 12.0 Å². The van der Waals surface area contributed by atoms with Gasteiger partial charge in [-0.05, 0) is 29.9 Å². The number of benzene rings is 2. The molecule has 1 atom stereocenters. The van der Waals surface area contributed by atoms with Crippen molar-refractivity contribution in [2.75, 3.05) is 5.32 Å². The van der Waals surface area contributed by atoms with Crippen LogP contribution in [-0.2, 0) is 6.42 Å². The average Bonchev–Trinajstić information content (AvgIpc) is 2.40. The van der Waals surface area contributed by atoms with Crippen LogP contribution in [-0.4, -0.2) is 6.04 Å². The molecule has 0 aromatic heterocycles. The Kier molecular flexibility index (Phi) is 3.22. The van der Waals surface area contributed by atoms with Crippen LogP contribution < -0.4 is 5.32 Å². The quantitative estimate of drug-likeness (QED) is 0.759. The van der Waals surface area contributed by atoms with Crippen molar-refractivity contribution in [3.05, 3.63) is 42.0 Å². The van der Waals surface area contributed by atoms with E-state index in [4.69, 9.17) is 0 Å². The van der Waals surface area contributed by atoms with Crippen LogP contribution in [0.4, 0.5) is 5.69 Å². The third kappa shape index (κ3) is 2.10. The minimum absolute atomic E-state index is 0.622. The van der Waals surface area contributed by atoms with Crippen molar-refractivity contribution >= 4 is 16.5 Å². The predicted octanol–water partition coefficient (Wildman–Crippen LogP) is 4.76. The Morgan fingerprint density at radius 3 is 2.78 bits per heavy atom. The molecule has 2 aromatic carbocycles. The number of hydrogen-bond donors (Lipinski definition) is 1. The maximum atomic E-state index is 3.72. The van der Waals surface area contributed by atoms with Crippen LogP contribution in [0.5, 0.6) is 0 Å². The first-order chi connectivity index (χ1) is 8.88. The lowest BCUT2D eigenvalue weighted by molar-refractivity contribution is 0.581. The highest BCUT2D eigenvalue weighted by Crippen LogP contribution is 2.33. The Balaban J connectivity index is 1.86. The molecule has 0 radical (unpaired) electrons. The lowest BCUT2D eigenvalue weighted by Crippen LogP contribution is -2.25. The average molecular weight is 239 g/mol. The molecule has 0 saturated carbocycles. The van der Waals surface area contributed by atoms with E-state index in [1.807, 2.05) is 0 Å². The largest absolute Gasteiger partial charge is 0.381 e.